The molecule has 0 radical (unpaired) electrons. The van der Waals surface area contributed by atoms with Gasteiger partial charge in [-0.1, -0.05) is 12.1 Å². The minimum Gasteiger partial charge on any atom is -0.481 e. The molecule has 0 spiro atoms. The summed E-state index contributed by atoms with van der Waals surface area (Å²) in [6.45, 7) is 0.672. The van der Waals surface area contributed by atoms with Crippen LogP contribution in [0.4, 0.5) is 0 Å². The number of esters is 1. The monoisotopic (exact) mass is 296 g/mol. The quantitative estimate of drug-likeness (QED) is 0.695. The van der Waals surface area contributed by atoms with Gasteiger partial charge in [0.2, 0.25) is 5.88 Å². The van der Waals surface area contributed by atoms with Crippen LogP contribution in [0.25, 0.3) is 10.9 Å². The molecule has 0 fully saturated rings. The molecule has 3 aromatic rings. The van der Waals surface area contributed by atoms with Crippen LogP contribution < -0.4 is 4.74 Å². The van der Waals surface area contributed by atoms with E-state index in [4.69, 9.17) is 9.47 Å². The smallest absolute Gasteiger partial charge is 0.337 e. The molecule has 0 N–H and O–H groups in total. The van der Waals surface area contributed by atoms with Crippen molar-refractivity contribution in [1.82, 2.24) is 9.55 Å². The molecule has 0 aliphatic carbocycles. The van der Waals surface area contributed by atoms with Gasteiger partial charge in [-0.3, -0.25) is 0 Å². The van der Waals surface area contributed by atoms with Gasteiger partial charge in [0.15, 0.2) is 0 Å². The molecule has 0 aliphatic rings. The maximum Gasteiger partial charge on any atom is 0.337 e. The number of methoxy groups -OCH3 is 2. The Labute approximate surface area is 128 Å². The number of hydrogen-bond donors (Lipinski definition) is 0. The third kappa shape index (κ3) is 2.65. The molecule has 1 aromatic carbocycles. The molecule has 3 rings (SSSR count). The average Bonchev–Trinajstić information content (AvgIpc) is 2.97. The van der Waals surface area contributed by atoms with Crippen molar-refractivity contribution in [3.8, 4) is 5.88 Å². The van der Waals surface area contributed by atoms with Gasteiger partial charge < -0.3 is 14.0 Å². The molecular formula is C17H16N2O3. The zero-order valence-electron chi connectivity index (χ0n) is 12.4. The Morgan fingerprint density at radius 3 is 2.73 bits per heavy atom. The fourth-order valence-electron chi connectivity index (χ4n) is 2.39. The molecule has 0 unspecified atom stereocenters. The van der Waals surface area contributed by atoms with Gasteiger partial charge in [0.05, 0.1) is 19.8 Å². The highest BCUT2D eigenvalue weighted by Gasteiger charge is 2.09. The molecule has 22 heavy (non-hydrogen) atoms. The third-order valence-corrected chi connectivity index (χ3v) is 3.55. The van der Waals surface area contributed by atoms with E-state index in [9.17, 15) is 4.79 Å². The fourth-order valence-corrected chi connectivity index (χ4v) is 2.39. The lowest BCUT2D eigenvalue weighted by atomic mass is 10.1. The molecule has 112 valence electrons. The lowest BCUT2D eigenvalue weighted by Gasteiger charge is -2.07. The predicted octanol–water partition coefficient (Wildman–Crippen LogP) is 2.88. The highest BCUT2D eigenvalue weighted by atomic mass is 16.5. The van der Waals surface area contributed by atoms with Crippen molar-refractivity contribution in [2.24, 2.45) is 0 Å². The first-order valence-electron chi connectivity index (χ1n) is 6.87. The summed E-state index contributed by atoms with van der Waals surface area (Å²) in [7, 11) is 2.98. The molecular weight excluding hydrogens is 280 g/mol. The Morgan fingerprint density at radius 2 is 2.05 bits per heavy atom. The Bertz CT molecular complexity index is 806. The summed E-state index contributed by atoms with van der Waals surface area (Å²) in [5.41, 5.74) is 2.59. The van der Waals surface area contributed by atoms with E-state index in [1.165, 1.54) is 7.11 Å². The molecule has 2 aromatic heterocycles. The van der Waals surface area contributed by atoms with E-state index in [1.807, 2.05) is 36.5 Å². The van der Waals surface area contributed by atoms with Gasteiger partial charge in [-0.2, -0.15) is 0 Å². The number of fused-ring (bicyclic) bond motifs is 1. The highest BCUT2D eigenvalue weighted by Crippen LogP contribution is 2.20. The van der Waals surface area contributed by atoms with E-state index in [0.717, 1.165) is 16.5 Å². The second-order valence-corrected chi connectivity index (χ2v) is 4.92. The van der Waals surface area contributed by atoms with Crippen molar-refractivity contribution in [3.63, 3.8) is 0 Å². The van der Waals surface area contributed by atoms with Crippen molar-refractivity contribution >= 4 is 16.9 Å². The minimum absolute atomic E-state index is 0.333. The van der Waals surface area contributed by atoms with Crippen LogP contribution in [-0.2, 0) is 11.3 Å². The SMILES string of the molecule is COC(=O)c1ccc2ccn(Cc3ccc(OC)nc3)c2c1. The van der Waals surface area contributed by atoms with Crippen LogP contribution in [0.2, 0.25) is 0 Å². The fraction of sp³-hybridized carbons (Fsp3) is 0.176. The van der Waals surface area contributed by atoms with E-state index >= 15 is 0 Å². The second-order valence-electron chi connectivity index (χ2n) is 4.92. The van der Waals surface area contributed by atoms with E-state index in [-0.39, 0.29) is 5.97 Å². The van der Waals surface area contributed by atoms with Crippen LogP contribution in [0.3, 0.4) is 0 Å². The molecule has 0 aliphatic heterocycles. The van der Waals surface area contributed by atoms with Gasteiger partial charge in [-0.05, 0) is 29.1 Å². The highest BCUT2D eigenvalue weighted by molar-refractivity contribution is 5.94. The van der Waals surface area contributed by atoms with Gasteiger partial charge in [-0.25, -0.2) is 9.78 Å². The van der Waals surface area contributed by atoms with Crippen LogP contribution in [0.5, 0.6) is 5.88 Å². The van der Waals surface area contributed by atoms with Gasteiger partial charge in [0, 0.05) is 30.5 Å². The number of rotatable bonds is 4. The number of nitrogens with zero attached hydrogens (tertiary/aromatic N) is 2. The largest absolute Gasteiger partial charge is 0.481 e. The summed E-state index contributed by atoms with van der Waals surface area (Å²) >= 11 is 0. The third-order valence-electron chi connectivity index (χ3n) is 3.55. The minimum atomic E-state index is -0.333. The zero-order chi connectivity index (χ0) is 15.5. The molecule has 0 saturated heterocycles. The van der Waals surface area contributed by atoms with Crippen LogP contribution in [-0.4, -0.2) is 29.7 Å². The average molecular weight is 296 g/mol. The molecule has 0 saturated carbocycles. The summed E-state index contributed by atoms with van der Waals surface area (Å²) in [6.07, 6.45) is 3.78. The van der Waals surface area contributed by atoms with Crippen molar-refractivity contribution in [3.05, 3.63) is 59.9 Å². The number of ether oxygens (including phenoxy) is 2. The molecule has 5 nitrogen and oxygen atoms in total. The summed E-state index contributed by atoms with van der Waals surface area (Å²) in [5, 5.41) is 1.08. The Kier molecular flexibility index (Phi) is 3.78. The summed E-state index contributed by atoms with van der Waals surface area (Å²) < 4.78 is 11.9. The molecule has 5 heteroatoms. The van der Waals surface area contributed by atoms with Gasteiger partial charge in [-0.15, -0.1) is 0 Å². The van der Waals surface area contributed by atoms with E-state index < -0.39 is 0 Å². The summed E-state index contributed by atoms with van der Waals surface area (Å²) in [6, 6.07) is 11.4. The van der Waals surface area contributed by atoms with Crippen LogP contribution in [0.15, 0.2) is 48.8 Å². The molecule has 2 heterocycles. The number of carbonyl (C=O) groups excluding carboxylic acids is 1. The van der Waals surface area contributed by atoms with Gasteiger partial charge in [0.1, 0.15) is 0 Å². The Balaban J connectivity index is 1.94. The van der Waals surface area contributed by atoms with Gasteiger partial charge in [0.25, 0.3) is 0 Å². The second kappa shape index (κ2) is 5.89. The first-order valence-corrected chi connectivity index (χ1v) is 6.87. The van der Waals surface area contributed by atoms with Crippen molar-refractivity contribution < 1.29 is 14.3 Å². The van der Waals surface area contributed by atoms with Crippen LogP contribution in [0, 0.1) is 0 Å². The number of carbonyl (C=O) groups is 1. The van der Waals surface area contributed by atoms with Gasteiger partial charge >= 0.3 is 5.97 Å². The lowest BCUT2D eigenvalue weighted by molar-refractivity contribution is 0.0601. The molecule has 0 atom stereocenters. The first-order chi connectivity index (χ1) is 10.7. The summed E-state index contributed by atoms with van der Waals surface area (Å²) in [5.74, 6) is 0.259. The van der Waals surface area contributed by atoms with Crippen LogP contribution >= 0.6 is 0 Å². The lowest BCUT2D eigenvalue weighted by Crippen LogP contribution is -2.03. The molecule has 0 amide bonds. The van der Waals surface area contributed by atoms with Crippen LogP contribution in [0.1, 0.15) is 15.9 Å². The van der Waals surface area contributed by atoms with E-state index in [1.54, 1.807) is 19.4 Å². The Morgan fingerprint density at radius 1 is 1.18 bits per heavy atom. The van der Waals surface area contributed by atoms with Crippen molar-refractivity contribution in [1.29, 1.82) is 0 Å². The zero-order valence-corrected chi connectivity index (χ0v) is 12.4. The Hall–Kier alpha value is -2.82. The first kappa shape index (κ1) is 14.1. The van der Waals surface area contributed by atoms with Crippen molar-refractivity contribution in [2.75, 3.05) is 14.2 Å². The van der Waals surface area contributed by atoms with E-state index in [2.05, 4.69) is 9.55 Å². The number of pyridine rings is 1. The topological polar surface area (TPSA) is 53.4 Å². The maximum atomic E-state index is 11.7. The molecule has 0 bridgehead atoms. The number of hydrogen-bond acceptors (Lipinski definition) is 4. The number of aromatic nitrogens is 2. The maximum absolute atomic E-state index is 11.7. The van der Waals surface area contributed by atoms with Crippen molar-refractivity contribution in [2.45, 2.75) is 6.54 Å². The summed E-state index contributed by atoms with van der Waals surface area (Å²) in [4.78, 5) is 15.9. The predicted molar refractivity (Wildman–Crippen MR) is 83.2 cm³/mol. The normalized spacial score (nSPS) is 10.6. The number of benzene rings is 1. The van der Waals surface area contributed by atoms with E-state index in [0.29, 0.717) is 18.0 Å². The standard InChI is InChI=1S/C17H16N2O3/c1-21-16-6-3-12(10-18-16)11-19-8-7-13-4-5-14(9-15(13)19)17(20)22-2/h3-10H,11H2,1-2H3.